The molecule has 2 rings (SSSR count). The Hall–Kier alpha value is -0.610. The van der Waals surface area contributed by atoms with E-state index in [9.17, 15) is 4.79 Å². The Morgan fingerprint density at radius 3 is 2.33 bits per heavy atom. The highest BCUT2D eigenvalue weighted by atomic mass is 16.5. The summed E-state index contributed by atoms with van der Waals surface area (Å²) in [5, 5.41) is 3.24. The molecule has 0 unspecified atom stereocenters. The minimum Gasteiger partial charge on any atom is -0.381 e. The summed E-state index contributed by atoms with van der Waals surface area (Å²) in [6.07, 6.45) is 8.73. The number of ether oxygens (including phenoxy) is 1. The van der Waals surface area contributed by atoms with Crippen LogP contribution in [0.5, 0.6) is 0 Å². The smallest absolute Gasteiger partial charge is 0.223 e. The van der Waals surface area contributed by atoms with Crippen LogP contribution in [0, 0.1) is 5.92 Å². The molecule has 0 bridgehead atoms. The van der Waals surface area contributed by atoms with Gasteiger partial charge in [0, 0.05) is 25.7 Å². The average molecular weight is 254 g/mol. The van der Waals surface area contributed by atoms with Crippen LogP contribution in [-0.4, -0.2) is 31.2 Å². The molecular weight excluding hydrogens is 228 g/mol. The van der Waals surface area contributed by atoms with Crippen LogP contribution >= 0.6 is 0 Å². The standard InChI is InChI=1S/C14H26N2O2/c15-11-14(7-9-18-10-8-14)16-13(17)12-5-3-1-2-4-6-12/h12H,1-11,15H2,(H,16,17). The summed E-state index contributed by atoms with van der Waals surface area (Å²) < 4.78 is 5.37. The van der Waals surface area contributed by atoms with Gasteiger partial charge in [0.1, 0.15) is 0 Å². The minimum absolute atomic E-state index is 0.207. The second-order valence-corrected chi connectivity index (χ2v) is 5.77. The van der Waals surface area contributed by atoms with Gasteiger partial charge in [-0.2, -0.15) is 0 Å². The van der Waals surface area contributed by atoms with Gasteiger partial charge in [0.2, 0.25) is 5.91 Å². The number of nitrogens with one attached hydrogen (secondary N) is 1. The first-order chi connectivity index (χ1) is 8.76. The third-order valence-electron chi connectivity index (χ3n) is 4.45. The quantitative estimate of drug-likeness (QED) is 0.752. The summed E-state index contributed by atoms with van der Waals surface area (Å²) >= 11 is 0. The van der Waals surface area contributed by atoms with Crippen LogP contribution in [0.3, 0.4) is 0 Å². The number of amides is 1. The Balaban J connectivity index is 1.91. The first-order valence-electron chi connectivity index (χ1n) is 7.36. The Morgan fingerprint density at radius 2 is 1.78 bits per heavy atom. The third-order valence-corrected chi connectivity index (χ3v) is 4.45. The van der Waals surface area contributed by atoms with Gasteiger partial charge in [-0.1, -0.05) is 25.7 Å². The highest BCUT2D eigenvalue weighted by Crippen LogP contribution is 2.25. The van der Waals surface area contributed by atoms with Crippen LogP contribution in [0.25, 0.3) is 0 Å². The first-order valence-corrected chi connectivity index (χ1v) is 7.36. The van der Waals surface area contributed by atoms with Crippen molar-refractivity contribution < 1.29 is 9.53 Å². The summed E-state index contributed by atoms with van der Waals surface area (Å²) in [7, 11) is 0. The Morgan fingerprint density at radius 1 is 1.17 bits per heavy atom. The van der Waals surface area contributed by atoms with E-state index in [-0.39, 0.29) is 17.4 Å². The lowest BCUT2D eigenvalue weighted by Gasteiger charge is -2.38. The molecule has 1 heterocycles. The second-order valence-electron chi connectivity index (χ2n) is 5.77. The zero-order valence-electron chi connectivity index (χ0n) is 11.2. The zero-order chi connectivity index (χ0) is 12.8. The number of carbonyl (C=O) groups excluding carboxylic acids is 1. The van der Waals surface area contributed by atoms with Crippen molar-refractivity contribution in [3.63, 3.8) is 0 Å². The third kappa shape index (κ3) is 3.45. The molecule has 18 heavy (non-hydrogen) atoms. The van der Waals surface area contributed by atoms with Crippen LogP contribution in [0.2, 0.25) is 0 Å². The van der Waals surface area contributed by atoms with E-state index in [1.54, 1.807) is 0 Å². The molecule has 0 atom stereocenters. The van der Waals surface area contributed by atoms with Gasteiger partial charge in [0.05, 0.1) is 5.54 Å². The number of hydrogen-bond acceptors (Lipinski definition) is 3. The van der Waals surface area contributed by atoms with E-state index in [0.29, 0.717) is 19.8 Å². The van der Waals surface area contributed by atoms with Gasteiger partial charge in [0.25, 0.3) is 0 Å². The van der Waals surface area contributed by atoms with Crippen LogP contribution in [-0.2, 0) is 9.53 Å². The van der Waals surface area contributed by atoms with E-state index in [2.05, 4.69) is 5.32 Å². The fourth-order valence-electron chi connectivity index (χ4n) is 3.05. The summed E-state index contributed by atoms with van der Waals surface area (Å²) in [5.41, 5.74) is 5.67. The molecule has 1 aliphatic heterocycles. The van der Waals surface area contributed by atoms with Gasteiger partial charge in [-0.25, -0.2) is 0 Å². The Bertz CT molecular complexity index is 267. The first kappa shape index (κ1) is 13.8. The lowest BCUT2D eigenvalue weighted by atomic mass is 9.88. The van der Waals surface area contributed by atoms with Crippen molar-refractivity contribution in [1.29, 1.82) is 0 Å². The molecule has 2 fully saturated rings. The Labute approximate surface area is 110 Å². The molecule has 0 aromatic rings. The van der Waals surface area contributed by atoms with Crippen LogP contribution in [0.1, 0.15) is 51.4 Å². The largest absolute Gasteiger partial charge is 0.381 e. The Kier molecular flexibility index (Phi) is 5.01. The fourth-order valence-corrected chi connectivity index (χ4v) is 3.05. The molecule has 4 nitrogen and oxygen atoms in total. The molecule has 0 aromatic carbocycles. The molecule has 1 saturated heterocycles. The number of hydrogen-bond donors (Lipinski definition) is 2. The van der Waals surface area contributed by atoms with Crippen LogP contribution < -0.4 is 11.1 Å². The molecule has 2 aliphatic rings. The van der Waals surface area contributed by atoms with Gasteiger partial charge in [-0.15, -0.1) is 0 Å². The topological polar surface area (TPSA) is 64.3 Å². The molecule has 1 aliphatic carbocycles. The van der Waals surface area contributed by atoms with Crippen molar-refractivity contribution >= 4 is 5.91 Å². The highest BCUT2D eigenvalue weighted by Gasteiger charge is 2.34. The van der Waals surface area contributed by atoms with Crippen LogP contribution in [0.15, 0.2) is 0 Å². The molecule has 4 heteroatoms. The van der Waals surface area contributed by atoms with Gasteiger partial charge in [0.15, 0.2) is 0 Å². The monoisotopic (exact) mass is 254 g/mol. The van der Waals surface area contributed by atoms with E-state index >= 15 is 0 Å². The van der Waals surface area contributed by atoms with E-state index in [0.717, 1.165) is 25.7 Å². The van der Waals surface area contributed by atoms with E-state index in [1.165, 1.54) is 25.7 Å². The molecule has 0 spiro atoms. The van der Waals surface area contributed by atoms with Crippen LogP contribution in [0.4, 0.5) is 0 Å². The number of carbonyl (C=O) groups is 1. The lowest BCUT2D eigenvalue weighted by Crippen LogP contribution is -2.57. The summed E-state index contributed by atoms with van der Waals surface area (Å²) in [6.45, 7) is 1.94. The maximum Gasteiger partial charge on any atom is 0.223 e. The molecule has 1 saturated carbocycles. The van der Waals surface area contributed by atoms with Crippen molar-refractivity contribution in [3.05, 3.63) is 0 Å². The van der Waals surface area contributed by atoms with Crippen molar-refractivity contribution in [1.82, 2.24) is 5.32 Å². The number of nitrogens with two attached hydrogens (primary N) is 1. The molecular formula is C14H26N2O2. The fraction of sp³-hybridized carbons (Fsp3) is 0.929. The number of rotatable bonds is 3. The predicted octanol–water partition coefficient (Wildman–Crippen LogP) is 1.58. The molecule has 0 aromatic heterocycles. The van der Waals surface area contributed by atoms with E-state index in [1.807, 2.05) is 0 Å². The SMILES string of the molecule is NCC1(NC(=O)C2CCCCCC2)CCOCC1. The van der Waals surface area contributed by atoms with Crippen molar-refractivity contribution in [3.8, 4) is 0 Å². The average Bonchev–Trinajstić information content (AvgIpc) is 2.68. The molecule has 3 N–H and O–H groups in total. The normalized spacial score (nSPS) is 25.4. The van der Waals surface area contributed by atoms with Crippen molar-refractivity contribution in [2.75, 3.05) is 19.8 Å². The van der Waals surface area contributed by atoms with Gasteiger partial charge in [-0.3, -0.25) is 4.79 Å². The maximum absolute atomic E-state index is 12.4. The second kappa shape index (κ2) is 6.53. The van der Waals surface area contributed by atoms with Gasteiger partial charge >= 0.3 is 0 Å². The molecule has 104 valence electrons. The molecule has 0 radical (unpaired) electrons. The zero-order valence-corrected chi connectivity index (χ0v) is 11.2. The highest BCUT2D eigenvalue weighted by molar-refractivity contribution is 5.79. The molecule has 1 amide bonds. The van der Waals surface area contributed by atoms with E-state index < -0.39 is 0 Å². The summed E-state index contributed by atoms with van der Waals surface area (Å²) in [5.74, 6) is 0.433. The summed E-state index contributed by atoms with van der Waals surface area (Å²) in [6, 6.07) is 0. The van der Waals surface area contributed by atoms with Crippen molar-refractivity contribution in [2.24, 2.45) is 11.7 Å². The van der Waals surface area contributed by atoms with Gasteiger partial charge in [-0.05, 0) is 25.7 Å². The van der Waals surface area contributed by atoms with Crippen molar-refractivity contribution in [2.45, 2.75) is 56.9 Å². The maximum atomic E-state index is 12.4. The van der Waals surface area contributed by atoms with Gasteiger partial charge < -0.3 is 15.8 Å². The predicted molar refractivity (Wildman–Crippen MR) is 71.2 cm³/mol. The summed E-state index contributed by atoms with van der Waals surface area (Å²) in [4.78, 5) is 12.4. The lowest BCUT2D eigenvalue weighted by molar-refractivity contribution is -0.128. The van der Waals surface area contributed by atoms with E-state index in [4.69, 9.17) is 10.5 Å². The minimum atomic E-state index is -0.207.